The molecule has 1 aliphatic carbocycles. The molecule has 14 heavy (non-hydrogen) atoms. The number of hydrogen-bond donors (Lipinski definition) is 0. The molecule has 1 atom stereocenters. The largest absolute Gasteiger partial charge is 0.460 e. The molecule has 2 rings (SSSR count). The maximum Gasteiger partial charge on any atom is 0.293 e. The van der Waals surface area contributed by atoms with Crippen LogP contribution in [0, 0.1) is 5.82 Å². The van der Waals surface area contributed by atoms with Gasteiger partial charge in [-0.25, -0.2) is 4.39 Å². The minimum Gasteiger partial charge on any atom is -0.460 e. The van der Waals surface area contributed by atoms with Crippen LogP contribution in [-0.4, -0.2) is 6.47 Å². The Morgan fingerprint density at radius 1 is 1.50 bits per heavy atom. The minimum absolute atomic E-state index is 0.183. The van der Waals surface area contributed by atoms with Crippen molar-refractivity contribution in [1.82, 2.24) is 0 Å². The Morgan fingerprint density at radius 3 is 3.14 bits per heavy atom. The van der Waals surface area contributed by atoms with E-state index >= 15 is 0 Å². The third kappa shape index (κ3) is 1.62. The second kappa shape index (κ2) is 3.78. The van der Waals surface area contributed by atoms with Crippen LogP contribution in [0.1, 0.15) is 30.1 Å². The third-order valence-corrected chi connectivity index (χ3v) is 2.58. The maximum absolute atomic E-state index is 12.9. The number of carbonyl (C=O) groups is 1. The van der Waals surface area contributed by atoms with E-state index in [0.29, 0.717) is 6.47 Å². The van der Waals surface area contributed by atoms with Crippen LogP contribution >= 0.6 is 0 Å². The lowest BCUT2D eigenvalue weighted by molar-refractivity contribution is -0.134. The number of rotatable bonds is 2. The van der Waals surface area contributed by atoms with E-state index in [1.54, 1.807) is 6.07 Å². The smallest absolute Gasteiger partial charge is 0.293 e. The topological polar surface area (TPSA) is 26.3 Å². The summed E-state index contributed by atoms with van der Waals surface area (Å²) < 4.78 is 17.8. The molecule has 74 valence electrons. The standard InChI is InChI=1S/C11H11FO2/c12-9-4-5-10-8(6-9)2-1-3-11(10)14-7-13/h4-7,11H,1-3H2. The number of halogens is 1. The Bertz CT molecular complexity index is 349. The van der Waals surface area contributed by atoms with Crippen molar-refractivity contribution in [2.75, 3.05) is 0 Å². The molecule has 1 aromatic rings. The maximum atomic E-state index is 12.9. The summed E-state index contributed by atoms with van der Waals surface area (Å²) >= 11 is 0. The molecule has 0 aliphatic heterocycles. The molecule has 2 nitrogen and oxygen atoms in total. The van der Waals surface area contributed by atoms with Crippen molar-refractivity contribution < 1.29 is 13.9 Å². The van der Waals surface area contributed by atoms with Crippen molar-refractivity contribution in [2.24, 2.45) is 0 Å². The second-order valence-electron chi connectivity index (χ2n) is 3.46. The van der Waals surface area contributed by atoms with Gasteiger partial charge in [0.1, 0.15) is 11.9 Å². The van der Waals surface area contributed by atoms with Gasteiger partial charge in [-0.15, -0.1) is 0 Å². The van der Waals surface area contributed by atoms with Crippen LogP contribution in [0.4, 0.5) is 4.39 Å². The minimum atomic E-state index is -0.226. The van der Waals surface area contributed by atoms with E-state index in [1.165, 1.54) is 12.1 Å². The number of aryl methyl sites for hydroxylation is 1. The van der Waals surface area contributed by atoms with Gasteiger partial charge in [-0.1, -0.05) is 6.07 Å². The van der Waals surface area contributed by atoms with Crippen LogP contribution in [0.5, 0.6) is 0 Å². The predicted octanol–water partition coefficient (Wildman–Crippen LogP) is 2.38. The summed E-state index contributed by atoms with van der Waals surface area (Å²) in [5, 5.41) is 0. The van der Waals surface area contributed by atoms with E-state index in [2.05, 4.69) is 0 Å². The van der Waals surface area contributed by atoms with E-state index in [-0.39, 0.29) is 11.9 Å². The molecule has 0 saturated heterocycles. The Kier molecular flexibility index (Phi) is 2.48. The number of fused-ring (bicyclic) bond motifs is 1. The van der Waals surface area contributed by atoms with Crippen LogP contribution in [0.2, 0.25) is 0 Å². The molecule has 0 N–H and O–H groups in total. The van der Waals surface area contributed by atoms with Gasteiger partial charge < -0.3 is 4.74 Å². The molecule has 0 saturated carbocycles. The predicted molar refractivity (Wildman–Crippen MR) is 49.2 cm³/mol. The summed E-state index contributed by atoms with van der Waals surface area (Å²) in [7, 11) is 0. The summed E-state index contributed by atoms with van der Waals surface area (Å²) in [5.74, 6) is -0.226. The van der Waals surface area contributed by atoms with Gasteiger partial charge in [-0.3, -0.25) is 4.79 Å². The molecule has 0 spiro atoms. The average molecular weight is 194 g/mol. The van der Waals surface area contributed by atoms with Crippen LogP contribution in [0.15, 0.2) is 18.2 Å². The van der Waals surface area contributed by atoms with Gasteiger partial charge in [-0.2, -0.15) is 0 Å². The van der Waals surface area contributed by atoms with Crippen molar-refractivity contribution in [1.29, 1.82) is 0 Å². The molecule has 0 amide bonds. The van der Waals surface area contributed by atoms with E-state index < -0.39 is 0 Å². The van der Waals surface area contributed by atoms with Gasteiger partial charge >= 0.3 is 0 Å². The molecule has 0 aromatic heterocycles. The summed E-state index contributed by atoms with van der Waals surface area (Å²) in [6.45, 7) is 0.461. The van der Waals surface area contributed by atoms with Gasteiger partial charge in [-0.05, 0) is 42.5 Å². The summed E-state index contributed by atoms with van der Waals surface area (Å²) in [6.07, 6.45) is 2.45. The number of benzene rings is 1. The third-order valence-electron chi connectivity index (χ3n) is 2.58. The van der Waals surface area contributed by atoms with Crippen LogP contribution in [0.3, 0.4) is 0 Å². The Morgan fingerprint density at radius 2 is 2.36 bits per heavy atom. The van der Waals surface area contributed by atoms with Gasteiger partial charge in [0.05, 0.1) is 0 Å². The molecule has 1 aromatic carbocycles. The molecule has 0 fully saturated rings. The molecule has 1 aliphatic rings. The van der Waals surface area contributed by atoms with Crippen LogP contribution in [0.25, 0.3) is 0 Å². The van der Waals surface area contributed by atoms with E-state index in [1.807, 2.05) is 0 Å². The highest BCUT2D eigenvalue weighted by Gasteiger charge is 2.21. The van der Waals surface area contributed by atoms with E-state index in [9.17, 15) is 9.18 Å². The van der Waals surface area contributed by atoms with Crippen molar-refractivity contribution in [3.05, 3.63) is 35.1 Å². The summed E-state index contributed by atoms with van der Waals surface area (Å²) in [4.78, 5) is 10.3. The van der Waals surface area contributed by atoms with Crippen molar-refractivity contribution >= 4 is 6.47 Å². The van der Waals surface area contributed by atoms with E-state index in [0.717, 1.165) is 30.4 Å². The number of hydrogen-bond acceptors (Lipinski definition) is 2. The molecular formula is C11H11FO2. The Labute approximate surface area is 81.7 Å². The lowest BCUT2D eigenvalue weighted by Crippen LogP contribution is -2.12. The van der Waals surface area contributed by atoms with Gasteiger partial charge in [0.2, 0.25) is 0 Å². The molecule has 0 heterocycles. The fourth-order valence-electron chi connectivity index (χ4n) is 1.95. The normalized spacial score (nSPS) is 19.9. The molecule has 3 heteroatoms. The first-order chi connectivity index (χ1) is 6.81. The first-order valence-corrected chi connectivity index (χ1v) is 4.68. The van der Waals surface area contributed by atoms with Crippen LogP contribution in [-0.2, 0) is 16.0 Å². The SMILES string of the molecule is O=COC1CCCc2cc(F)ccc21. The van der Waals surface area contributed by atoms with Crippen molar-refractivity contribution in [3.8, 4) is 0 Å². The summed E-state index contributed by atoms with van der Waals surface area (Å²) in [5.41, 5.74) is 1.91. The first-order valence-electron chi connectivity index (χ1n) is 4.68. The van der Waals surface area contributed by atoms with Crippen LogP contribution < -0.4 is 0 Å². The zero-order valence-corrected chi connectivity index (χ0v) is 7.70. The molecular weight excluding hydrogens is 183 g/mol. The van der Waals surface area contributed by atoms with Crippen molar-refractivity contribution in [2.45, 2.75) is 25.4 Å². The average Bonchev–Trinajstić information content (AvgIpc) is 2.18. The highest BCUT2D eigenvalue weighted by atomic mass is 19.1. The second-order valence-corrected chi connectivity index (χ2v) is 3.46. The molecule has 0 radical (unpaired) electrons. The monoisotopic (exact) mass is 194 g/mol. The lowest BCUT2D eigenvalue weighted by Gasteiger charge is -2.23. The Balaban J connectivity index is 2.34. The zero-order chi connectivity index (χ0) is 9.97. The quantitative estimate of drug-likeness (QED) is 0.675. The van der Waals surface area contributed by atoms with Gasteiger partial charge in [0, 0.05) is 0 Å². The summed E-state index contributed by atoms with van der Waals surface area (Å²) in [6, 6.07) is 4.64. The van der Waals surface area contributed by atoms with Gasteiger partial charge in [0.25, 0.3) is 6.47 Å². The number of ether oxygens (including phenoxy) is 1. The Hall–Kier alpha value is -1.38. The molecule has 0 bridgehead atoms. The highest BCUT2D eigenvalue weighted by molar-refractivity contribution is 5.40. The molecule has 1 unspecified atom stereocenters. The first kappa shape index (κ1) is 9.19. The van der Waals surface area contributed by atoms with Gasteiger partial charge in [0.15, 0.2) is 0 Å². The van der Waals surface area contributed by atoms with E-state index in [4.69, 9.17) is 4.74 Å². The fraction of sp³-hybridized carbons (Fsp3) is 0.364. The number of carbonyl (C=O) groups excluding carboxylic acids is 1. The lowest BCUT2D eigenvalue weighted by atomic mass is 9.89. The fourth-order valence-corrected chi connectivity index (χ4v) is 1.95. The highest BCUT2D eigenvalue weighted by Crippen LogP contribution is 2.32. The van der Waals surface area contributed by atoms with Crippen molar-refractivity contribution in [3.63, 3.8) is 0 Å². The zero-order valence-electron chi connectivity index (χ0n) is 7.70.